The summed E-state index contributed by atoms with van der Waals surface area (Å²) >= 11 is 5.92. The fraction of sp³-hybridized carbons (Fsp3) is 0.286. The van der Waals surface area contributed by atoms with E-state index in [2.05, 4.69) is 9.97 Å². The fourth-order valence-corrected chi connectivity index (χ4v) is 1.82. The highest BCUT2D eigenvalue weighted by molar-refractivity contribution is 6.29. The molecule has 1 aromatic heterocycles. The fourth-order valence-electron chi connectivity index (χ4n) is 1.63. The van der Waals surface area contributed by atoms with Gasteiger partial charge in [0.25, 0.3) is 0 Å². The van der Waals surface area contributed by atoms with Crippen LogP contribution in [0.2, 0.25) is 5.15 Å². The van der Waals surface area contributed by atoms with E-state index in [0.717, 1.165) is 12.8 Å². The smallest absolute Gasteiger partial charge is 0.224 e. The van der Waals surface area contributed by atoms with Gasteiger partial charge in [-0.2, -0.15) is 4.98 Å². The van der Waals surface area contributed by atoms with E-state index < -0.39 is 0 Å². The molecule has 100 valence electrons. The second-order valence-electron chi connectivity index (χ2n) is 4.21. The molecule has 0 atom stereocenters. The van der Waals surface area contributed by atoms with Crippen LogP contribution in [0.15, 0.2) is 24.3 Å². The summed E-state index contributed by atoms with van der Waals surface area (Å²) in [7, 11) is 0. The lowest BCUT2D eigenvalue weighted by Gasteiger charge is -2.07. The summed E-state index contributed by atoms with van der Waals surface area (Å²) in [6, 6.07) is 6.07. The highest BCUT2D eigenvalue weighted by atomic mass is 35.5. The molecule has 0 spiro atoms. The van der Waals surface area contributed by atoms with E-state index in [1.807, 2.05) is 6.92 Å². The largest absolute Gasteiger partial charge is 0.439 e. The van der Waals surface area contributed by atoms with E-state index in [9.17, 15) is 4.39 Å². The van der Waals surface area contributed by atoms with Gasteiger partial charge in [-0.3, -0.25) is 0 Å². The van der Waals surface area contributed by atoms with Crippen LogP contribution in [0.25, 0.3) is 0 Å². The summed E-state index contributed by atoms with van der Waals surface area (Å²) in [6.07, 6.45) is 1.66. The number of benzene rings is 1. The van der Waals surface area contributed by atoms with Crippen molar-refractivity contribution in [2.24, 2.45) is 0 Å². The first-order chi connectivity index (χ1) is 9.08. The highest BCUT2D eigenvalue weighted by Gasteiger charge is 2.06. The molecule has 0 saturated heterocycles. The molecule has 0 saturated carbocycles. The summed E-state index contributed by atoms with van der Waals surface area (Å²) < 4.78 is 18.7. The molecule has 0 fully saturated rings. The van der Waals surface area contributed by atoms with E-state index >= 15 is 0 Å². The van der Waals surface area contributed by atoms with E-state index in [4.69, 9.17) is 16.3 Å². The first-order valence-corrected chi connectivity index (χ1v) is 6.43. The van der Waals surface area contributed by atoms with Crippen LogP contribution in [0.1, 0.15) is 24.7 Å². The van der Waals surface area contributed by atoms with E-state index in [-0.39, 0.29) is 5.82 Å². The molecule has 0 radical (unpaired) electrons. The normalized spacial score (nSPS) is 10.5. The predicted molar refractivity (Wildman–Crippen MR) is 72.2 cm³/mol. The number of aryl methyl sites for hydroxylation is 2. The van der Waals surface area contributed by atoms with Crippen molar-refractivity contribution in [1.29, 1.82) is 0 Å². The van der Waals surface area contributed by atoms with Gasteiger partial charge in [-0.1, -0.05) is 18.5 Å². The van der Waals surface area contributed by atoms with Gasteiger partial charge in [-0.15, -0.1) is 0 Å². The molecule has 0 aliphatic carbocycles. The number of nitrogens with zero attached hydrogens (tertiary/aromatic N) is 2. The van der Waals surface area contributed by atoms with Gasteiger partial charge >= 0.3 is 0 Å². The van der Waals surface area contributed by atoms with Crippen LogP contribution in [0.4, 0.5) is 4.39 Å². The minimum absolute atomic E-state index is 0.264. The van der Waals surface area contributed by atoms with E-state index in [1.165, 1.54) is 6.07 Å². The predicted octanol–water partition coefficient (Wildman–Crippen LogP) is 4.32. The molecular formula is C14H14ClFN2O. The molecule has 0 aliphatic heterocycles. The maximum Gasteiger partial charge on any atom is 0.224 e. The maximum atomic E-state index is 13.2. The minimum atomic E-state index is -0.264. The molecule has 2 rings (SSSR count). The van der Waals surface area contributed by atoms with Crippen molar-refractivity contribution in [3.05, 3.63) is 46.6 Å². The first-order valence-electron chi connectivity index (χ1n) is 6.06. The molecule has 0 amide bonds. The SMILES string of the molecule is CCCc1nc(Cl)cc(Oc2ccc(F)c(C)c2)n1. The van der Waals surface area contributed by atoms with Gasteiger partial charge in [0, 0.05) is 12.5 Å². The third kappa shape index (κ3) is 3.64. The Kier molecular flexibility index (Phi) is 4.32. The van der Waals surface area contributed by atoms with Crippen LogP contribution < -0.4 is 4.74 Å². The standard InChI is InChI=1S/C14H14ClFN2O/c1-3-4-13-17-12(15)8-14(18-13)19-10-5-6-11(16)9(2)7-10/h5-8H,3-4H2,1-2H3. The Labute approximate surface area is 116 Å². The van der Waals surface area contributed by atoms with Crippen molar-refractivity contribution in [3.8, 4) is 11.6 Å². The Morgan fingerprint density at radius 3 is 2.74 bits per heavy atom. The maximum absolute atomic E-state index is 13.2. The topological polar surface area (TPSA) is 35.0 Å². The summed E-state index contributed by atoms with van der Waals surface area (Å²) in [5.74, 6) is 1.27. The van der Waals surface area contributed by atoms with E-state index in [1.54, 1.807) is 25.1 Å². The van der Waals surface area contributed by atoms with Gasteiger partial charge in [0.05, 0.1) is 0 Å². The summed E-state index contributed by atoms with van der Waals surface area (Å²) in [5, 5.41) is 0.340. The second kappa shape index (κ2) is 5.97. The van der Waals surface area contributed by atoms with Crippen molar-refractivity contribution in [3.63, 3.8) is 0 Å². The van der Waals surface area contributed by atoms with Gasteiger partial charge in [-0.05, 0) is 37.1 Å². The van der Waals surface area contributed by atoms with E-state index in [0.29, 0.717) is 28.2 Å². The molecule has 0 aliphatic rings. The van der Waals surface area contributed by atoms with Crippen molar-refractivity contribution in [2.75, 3.05) is 0 Å². The molecule has 3 nitrogen and oxygen atoms in total. The Hall–Kier alpha value is -1.68. The summed E-state index contributed by atoms with van der Waals surface area (Å²) in [5.41, 5.74) is 0.520. The van der Waals surface area contributed by atoms with Crippen LogP contribution in [0.3, 0.4) is 0 Å². The zero-order chi connectivity index (χ0) is 13.8. The van der Waals surface area contributed by atoms with Gasteiger partial charge in [0.2, 0.25) is 5.88 Å². The van der Waals surface area contributed by atoms with Crippen LogP contribution in [-0.4, -0.2) is 9.97 Å². The van der Waals surface area contributed by atoms with Crippen molar-refractivity contribution >= 4 is 11.6 Å². The van der Waals surface area contributed by atoms with Gasteiger partial charge in [0.15, 0.2) is 0 Å². The molecule has 0 unspecified atom stereocenters. The van der Waals surface area contributed by atoms with Gasteiger partial charge in [0.1, 0.15) is 22.5 Å². The van der Waals surface area contributed by atoms with Crippen molar-refractivity contribution in [1.82, 2.24) is 9.97 Å². The van der Waals surface area contributed by atoms with Crippen molar-refractivity contribution in [2.45, 2.75) is 26.7 Å². The lowest BCUT2D eigenvalue weighted by atomic mass is 10.2. The Morgan fingerprint density at radius 2 is 2.05 bits per heavy atom. The van der Waals surface area contributed by atoms with Gasteiger partial charge in [-0.25, -0.2) is 9.37 Å². The molecule has 0 N–H and O–H groups in total. The number of aromatic nitrogens is 2. The van der Waals surface area contributed by atoms with Crippen LogP contribution in [0, 0.1) is 12.7 Å². The molecule has 2 aromatic rings. The highest BCUT2D eigenvalue weighted by Crippen LogP contribution is 2.23. The molecule has 19 heavy (non-hydrogen) atoms. The lowest BCUT2D eigenvalue weighted by Crippen LogP contribution is -1.98. The quantitative estimate of drug-likeness (QED) is 0.782. The number of ether oxygens (including phenoxy) is 1. The van der Waals surface area contributed by atoms with Crippen LogP contribution >= 0.6 is 11.6 Å². The summed E-state index contributed by atoms with van der Waals surface area (Å²) in [6.45, 7) is 3.71. The third-order valence-corrected chi connectivity index (χ3v) is 2.74. The average molecular weight is 281 g/mol. The average Bonchev–Trinajstić information content (AvgIpc) is 2.33. The number of hydrogen-bond donors (Lipinski definition) is 0. The Balaban J connectivity index is 2.24. The lowest BCUT2D eigenvalue weighted by molar-refractivity contribution is 0.456. The van der Waals surface area contributed by atoms with Crippen molar-refractivity contribution < 1.29 is 9.13 Å². The summed E-state index contributed by atoms with van der Waals surface area (Å²) in [4.78, 5) is 8.37. The minimum Gasteiger partial charge on any atom is -0.439 e. The monoisotopic (exact) mass is 280 g/mol. The molecule has 1 aromatic carbocycles. The number of halogens is 2. The molecule has 5 heteroatoms. The molecule has 0 bridgehead atoms. The molecule has 1 heterocycles. The zero-order valence-corrected chi connectivity index (χ0v) is 11.5. The number of hydrogen-bond acceptors (Lipinski definition) is 3. The second-order valence-corrected chi connectivity index (χ2v) is 4.60. The number of rotatable bonds is 4. The van der Waals surface area contributed by atoms with Gasteiger partial charge < -0.3 is 4.74 Å². The zero-order valence-electron chi connectivity index (χ0n) is 10.8. The molecular weight excluding hydrogens is 267 g/mol. The first kappa shape index (κ1) is 13.7. The van der Waals surface area contributed by atoms with Crippen LogP contribution in [-0.2, 0) is 6.42 Å². The Bertz CT molecular complexity index is 590. The Morgan fingerprint density at radius 1 is 1.26 bits per heavy atom. The van der Waals surface area contributed by atoms with Crippen LogP contribution in [0.5, 0.6) is 11.6 Å². The third-order valence-electron chi connectivity index (χ3n) is 2.54.